The molecule has 19 heteroatoms. The molecule has 0 radical (unpaired) electrons. The van der Waals surface area contributed by atoms with E-state index in [9.17, 15) is 57.1 Å². The van der Waals surface area contributed by atoms with Gasteiger partial charge in [-0.2, -0.15) is 68.8 Å². The summed E-state index contributed by atoms with van der Waals surface area (Å²) < 4.78 is 200. The SMILES string of the molecule is CCC1(COCC(COCCCSCCC(F)(F)C(F)(F)C(F)(F)C(F)(F)C(F)(F)C(F)(F)F)OCC2(CC)COC2)COC1. The minimum atomic E-state index is -7.88. The first-order valence-corrected chi connectivity index (χ1v) is 15.2. The van der Waals surface area contributed by atoms with Gasteiger partial charge in [0.1, 0.15) is 6.10 Å². The Bertz CT molecular complexity index is 901. The fourth-order valence-electron chi connectivity index (χ4n) is 4.15. The van der Waals surface area contributed by atoms with E-state index in [1.165, 1.54) is 0 Å². The monoisotopic (exact) mass is 708 g/mol. The minimum Gasteiger partial charge on any atom is -0.380 e. The van der Waals surface area contributed by atoms with Gasteiger partial charge >= 0.3 is 35.8 Å². The van der Waals surface area contributed by atoms with E-state index in [2.05, 4.69) is 0 Å². The molecule has 1 unspecified atom stereocenters. The van der Waals surface area contributed by atoms with Crippen molar-refractivity contribution in [1.82, 2.24) is 0 Å². The molecule has 2 fully saturated rings. The summed E-state index contributed by atoms with van der Waals surface area (Å²) in [5.74, 6) is -37.8. The summed E-state index contributed by atoms with van der Waals surface area (Å²) in [7, 11) is 0. The smallest absolute Gasteiger partial charge is 0.380 e. The molecular formula is C26H37F13O5S. The average Bonchev–Trinajstić information content (AvgIpc) is 2.89. The Labute approximate surface area is 256 Å². The molecule has 0 spiro atoms. The molecule has 5 nitrogen and oxygen atoms in total. The Morgan fingerprint density at radius 1 is 0.644 bits per heavy atom. The van der Waals surface area contributed by atoms with Crippen LogP contribution in [0.1, 0.15) is 39.5 Å². The summed E-state index contributed by atoms with van der Waals surface area (Å²) in [5, 5.41) is 0. The van der Waals surface area contributed by atoms with Crippen molar-refractivity contribution < 1.29 is 80.8 Å². The first-order chi connectivity index (χ1) is 20.6. The maximum Gasteiger partial charge on any atom is 0.460 e. The predicted molar refractivity (Wildman–Crippen MR) is 136 cm³/mol. The maximum absolute atomic E-state index is 13.9. The molecule has 0 saturated carbocycles. The van der Waals surface area contributed by atoms with Crippen LogP contribution in [0.25, 0.3) is 0 Å². The molecule has 0 N–H and O–H groups in total. The molecule has 45 heavy (non-hydrogen) atoms. The van der Waals surface area contributed by atoms with Crippen LogP contribution < -0.4 is 0 Å². The summed E-state index contributed by atoms with van der Waals surface area (Å²) in [6.07, 6.45) is -8.31. The highest BCUT2D eigenvalue weighted by Gasteiger charge is 2.90. The third-order valence-corrected chi connectivity index (χ3v) is 8.98. The third-order valence-electron chi connectivity index (χ3n) is 7.91. The topological polar surface area (TPSA) is 46.2 Å². The Kier molecular flexibility index (Phi) is 13.7. The lowest BCUT2D eigenvalue weighted by Crippen LogP contribution is -2.70. The Hall–Kier alpha value is -0.760. The van der Waals surface area contributed by atoms with Crippen LogP contribution >= 0.6 is 11.8 Å². The fourth-order valence-corrected chi connectivity index (χ4v) is 5.07. The van der Waals surface area contributed by atoms with Gasteiger partial charge in [-0.15, -0.1) is 0 Å². The quantitative estimate of drug-likeness (QED) is 0.0858. The first-order valence-electron chi connectivity index (χ1n) is 14.0. The van der Waals surface area contributed by atoms with E-state index in [-0.39, 0.29) is 42.8 Å². The zero-order chi connectivity index (χ0) is 34.4. The zero-order valence-electron chi connectivity index (χ0n) is 24.5. The van der Waals surface area contributed by atoms with Gasteiger partial charge in [-0.05, 0) is 30.8 Å². The summed E-state index contributed by atoms with van der Waals surface area (Å²) in [5.41, 5.74) is -0.194. The number of hydrogen-bond acceptors (Lipinski definition) is 6. The molecule has 2 rings (SSSR count). The lowest BCUT2D eigenvalue weighted by molar-refractivity contribution is -0.439. The second-order valence-corrected chi connectivity index (χ2v) is 12.7. The molecule has 0 aliphatic carbocycles. The number of rotatable bonds is 22. The largest absolute Gasteiger partial charge is 0.460 e. The van der Waals surface area contributed by atoms with Crippen LogP contribution in [0.3, 0.4) is 0 Å². The van der Waals surface area contributed by atoms with Gasteiger partial charge in [0.05, 0.1) is 52.9 Å². The highest BCUT2D eigenvalue weighted by molar-refractivity contribution is 7.99. The Morgan fingerprint density at radius 3 is 1.60 bits per heavy atom. The van der Waals surface area contributed by atoms with Crippen LogP contribution in [0.15, 0.2) is 0 Å². The molecule has 0 aromatic heterocycles. The molecular weight excluding hydrogens is 671 g/mol. The van der Waals surface area contributed by atoms with Crippen LogP contribution in [0.5, 0.6) is 0 Å². The molecule has 0 amide bonds. The molecule has 2 heterocycles. The number of thioether (sulfide) groups is 1. The van der Waals surface area contributed by atoms with E-state index in [0.29, 0.717) is 51.4 Å². The number of alkyl halides is 13. The molecule has 1 atom stereocenters. The van der Waals surface area contributed by atoms with E-state index < -0.39 is 54.1 Å². The van der Waals surface area contributed by atoms with Crippen molar-refractivity contribution >= 4 is 11.8 Å². The van der Waals surface area contributed by atoms with Crippen LogP contribution in [0, 0.1) is 10.8 Å². The molecule has 2 saturated heterocycles. The van der Waals surface area contributed by atoms with E-state index >= 15 is 0 Å². The van der Waals surface area contributed by atoms with Gasteiger partial charge in [0.2, 0.25) is 0 Å². The maximum atomic E-state index is 13.9. The van der Waals surface area contributed by atoms with Crippen LogP contribution in [0.4, 0.5) is 57.1 Å². The van der Waals surface area contributed by atoms with Crippen LogP contribution in [-0.4, -0.2) is 113 Å². The van der Waals surface area contributed by atoms with Crippen molar-refractivity contribution in [3.05, 3.63) is 0 Å². The van der Waals surface area contributed by atoms with Gasteiger partial charge < -0.3 is 23.7 Å². The van der Waals surface area contributed by atoms with Gasteiger partial charge in [-0.3, -0.25) is 0 Å². The average molecular weight is 709 g/mol. The number of ether oxygens (including phenoxy) is 5. The van der Waals surface area contributed by atoms with E-state index in [1.807, 2.05) is 13.8 Å². The number of halogens is 13. The van der Waals surface area contributed by atoms with Gasteiger partial charge in [-0.1, -0.05) is 13.8 Å². The lowest BCUT2D eigenvalue weighted by Gasteiger charge is -2.42. The molecule has 268 valence electrons. The van der Waals surface area contributed by atoms with Crippen molar-refractivity contribution in [2.45, 2.75) is 81.4 Å². The lowest BCUT2D eigenvalue weighted by atomic mass is 9.84. The Balaban J connectivity index is 1.80. The zero-order valence-corrected chi connectivity index (χ0v) is 25.4. The van der Waals surface area contributed by atoms with Crippen molar-refractivity contribution in [1.29, 1.82) is 0 Å². The van der Waals surface area contributed by atoms with E-state index in [4.69, 9.17) is 23.7 Å². The van der Waals surface area contributed by atoms with Gasteiger partial charge in [0, 0.05) is 23.9 Å². The predicted octanol–water partition coefficient (Wildman–Crippen LogP) is 7.51. The second kappa shape index (κ2) is 15.2. The summed E-state index contributed by atoms with van der Waals surface area (Å²) in [4.78, 5) is 0. The molecule has 2 aliphatic rings. The fraction of sp³-hybridized carbons (Fsp3) is 1.00. The summed E-state index contributed by atoms with van der Waals surface area (Å²) >= 11 is 0.503. The third kappa shape index (κ3) is 8.83. The summed E-state index contributed by atoms with van der Waals surface area (Å²) in [6.45, 7) is 7.35. The van der Waals surface area contributed by atoms with Gasteiger partial charge in [-0.25, -0.2) is 0 Å². The van der Waals surface area contributed by atoms with E-state index in [1.54, 1.807) is 0 Å². The second-order valence-electron chi connectivity index (χ2n) is 11.4. The minimum absolute atomic E-state index is 0.0188. The first kappa shape index (κ1) is 40.4. The van der Waals surface area contributed by atoms with Crippen LogP contribution in [0.2, 0.25) is 0 Å². The number of hydrogen-bond donors (Lipinski definition) is 0. The van der Waals surface area contributed by atoms with E-state index in [0.717, 1.165) is 12.8 Å². The molecule has 2 aliphatic heterocycles. The van der Waals surface area contributed by atoms with Crippen molar-refractivity contribution in [3.8, 4) is 0 Å². The molecule has 0 bridgehead atoms. The normalized spacial score (nSPS) is 20.1. The highest BCUT2D eigenvalue weighted by Crippen LogP contribution is 2.60. The Morgan fingerprint density at radius 2 is 1.13 bits per heavy atom. The van der Waals surface area contributed by atoms with Crippen molar-refractivity contribution in [2.24, 2.45) is 10.8 Å². The van der Waals surface area contributed by atoms with Gasteiger partial charge in [0.25, 0.3) is 0 Å². The van der Waals surface area contributed by atoms with Crippen LogP contribution in [-0.2, 0) is 23.7 Å². The standard InChI is InChI=1S/C26H37F13O5S/c1-3-19(13-42-14-19)12-41-11-18(44-17-20(4-2)15-43-16-20)10-40-7-5-8-45-9-6-21(27,28)22(29,30)23(31,32)24(33,34)25(35,36)26(37,38)39/h18H,3-17H2,1-2H3. The molecule has 0 aromatic carbocycles. The van der Waals surface area contributed by atoms with Crippen molar-refractivity contribution in [3.63, 3.8) is 0 Å². The highest BCUT2D eigenvalue weighted by atomic mass is 32.2. The summed E-state index contributed by atoms with van der Waals surface area (Å²) in [6, 6.07) is 0. The molecule has 0 aromatic rings. The van der Waals surface area contributed by atoms with Crippen molar-refractivity contribution in [2.75, 3.05) is 71.0 Å². The van der Waals surface area contributed by atoms with Gasteiger partial charge in [0.15, 0.2) is 0 Å².